The molecule has 2 atom stereocenters. The maximum absolute atomic E-state index is 5.90. The molecule has 0 saturated heterocycles. The molecule has 3 rings (SSSR count). The Hall–Kier alpha value is -1.48. The van der Waals surface area contributed by atoms with Gasteiger partial charge in [0.05, 0.1) is 11.2 Å². The molecule has 17 heavy (non-hydrogen) atoms. The van der Waals surface area contributed by atoms with Crippen LogP contribution in [-0.4, -0.2) is 11.1 Å². The van der Waals surface area contributed by atoms with Crippen molar-refractivity contribution >= 4 is 23.4 Å². The first-order valence-electron chi connectivity index (χ1n) is 5.70. The summed E-state index contributed by atoms with van der Waals surface area (Å²) in [5.41, 5.74) is 9.79. The summed E-state index contributed by atoms with van der Waals surface area (Å²) in [5, 5.41) is 0.350. The molecule has 0 radical (unpaired) electrons. The van der Waals surface area contributed by atoms with Gasteiger partial charge in [-0.25, -0.2) is 4.40 Å². The summed E-state index contributed by atoms with van der Waals surface area (Å²) in [6, 6.07) is 8.64. The molecule has 2 N–H and O–H groups in total. The zero-order valence-corrected chi connectivity index (χ0v) is 10.4. The van der Waals surface area contributed by atoms with Crippen molar-refractivity contribution in [3.63, 3.8) is 0 Å². The second kappa shape index (κ2) is 4.08. The first kappa shape index (κ1) is 10.7. The number of benzene rings is 1. The number of aryl methyl sites for hydroxylation is 1. The van der Waals surface area contributed by atoms with Crippen LogP contribution >= 0.6 is 11.9 Å². The lowest BCUT2D eigenvalue weighted by atomic mass is 9.88. The highest BCUT2D eigenvalue weighted by Crippen LogP contribution is 2.41. The molecule has 0 fully saturated rings. The summed E-state index contributed by atoms with van der Waals surface area (Å²) >= 11 is 1.58. The van der Waals surface area contributed by atoms with Crippen molar-refractivity contribution < 1.29 is 0 Å². The molecule has 3 heteroatoms. The van der Waals surface area contributed by atoms with E-state index >= 15 is 0 Å². The lowest BCUT2D eigenvalue weighted by Gasteiger charge is -2.22. The van der Waals surface area contributed by atoms with Crippen molar-refractivity contribution in [1.82, 2.24) is 0 Å². The maximum Gasteiger partial charge on any atom is 0.116 e. The summed E-state index contributed by atoms with van der Waals surface area (Å²) < 4.78 is 4.29. The van der Waals surface area contributed by atoms with E-state index < -0.39 is 0 Å². The number of nitrogens with zero attached hydrogens (tertiary/aromatic N) is 1. The van der Waals surface area contributed by atoms with Gasteiger partial charge in [0.25, 0.3) is 0 Å². The van der Waals surface area contributed by atoms with Gasteiger partial charge in [-0.3, -0.25) is 0 Å². The van der Waals surface area contributed by atoms with Gasteiger partial charge in [-0.1, -0.05) is 48.1 Å². The Kier molecular flexibility index (Phi) is 2.56. The van der Waals surface area contributed by atoms with Gasteiger partial charge in [-0.15, -0.1) is 0 Å². The van der Waals surface area contributed by atoms with E-state index in [-0.39, 0.29) is 5.92 Å². The van der Waals surface area contributed by atoms with Crippen LogP contribution in [0.1, 0.15) is 11.1 Å². The van der Waals surface area contributed by atoms with E-state index in [4.69, 9.17) is 5.73 Å². The molecule has 2 unspecified atom stereocenters. The topological polar surface area (TPSA) is 38.4 Å². The molecular weight excluding hydrogens is 228 g/mol. The van der Waals surface area contributed by atoms with E-state index in [0.717, 1.165) is 5.84 Å². The minimum atomic E-state index is 0.265. The predicted molar refractivity (Wildman–Crippen MR) is 74.8 cm³/mol. The fourth-order valence-electron chi connectivity index (χ4n) is 2.23. The quantitative estimate of drug-likeness (QED) is 0.769. The smallest absolute Gasteiger partial charge is 0.116 e. The van der Waals surface area contributed by atoms with E-state index in [1.807, 2.05) is 0 Å². The predicted octanol–water partition coefficient (Wildman–Crippen LogP) is 2.95. The van der Waals surface area contributed by atoms with Crippen LogP contribution in [0.15, 0.2) is 46.9 Å². The average molecular weight is 242 g/mol. The minimum Gasteiger partial charge on any atom is -0.386 e. The molecule has 0 saturated carbocycles. The summed E-state index contributed by atoms with van der Waals surface area (Å²) in [5.74, 6) is 1.01. The Morgan fingerprint density at radius 1 is 1.24 bits per heavy atom. The van der Waals surface area contributed by atoms with Gasteiger partial charge >= 0.3 is 0 Å². The summed E-state index contributed by atoms with van der Waals surface area (Å²) in [6.45, 7) is 2.10. The van der Waals surface area contributed by atoms with E-state index in [0.29, 0.717) is 5.25 Å². The Labute approximate surface area is 105 Å². The van der Waals surface area contributed by atoms with Crippen LogP contribution in [0.3, 0.4) is 0 Å². The second-order valence-corrected chi connectivity index (χ2v) is 5.34. The highest BCUT2D eigenvalue weighted by Gasteiger charge is 2.33. The number of fused-ring (bicyclic) bond motifs is 1. The van der Waals surface area contributed by atoms with Crippen LogP contribution in [0.4, 0.5) is 0 Å². The molecule has 86 valence electrons. The van der Waals surface area contributed by atoms with Gasteiger partial charge in [-0.2, -0.15) is 0 Å². The molecule has 1 aromatic rings. The molecule has 1 aromatic carbocycles. The van der Waals surface area contributed by atoms with Crippen LogP contribution in [0.5, 0.6) is 0 Å². The van der Waals surface area contributed by atoms with E-state index in [1.54, 1.807) is 11.9 Å². The van der Waals surface area contributed by atoms with Crippen LogP contribution < -0.4 is 5.73 Å². The molecule has 0 bridgehead atoms. The van der Waals surface area contributed by atoms with Gasteiger partial charge in [0, 0.05) is 0 Å². The van der Waals surface area contributed by atoms with Crippen LogP contribution in [0.2, 0.25) is 0 Å². The van der Waals surface area contributed by atoms with Crippen molar-refractivity contribution in [3.05, 3.63) is 53.6 Å². The Morgan fingerprint density at radius 3 is 2.76 bits per heavy atom. The third-order valence-electron chi connectivity index (χ3n) is 3.23. The monoisotopic (exact) mass is 242 g/mol. The van der Waals surface area contributed by atoms with E-state index in [2.05, 4.69) is 53.8 Å². The molecule has 0 aromatic heterocycles. The number of amidine groups is 1. The minimum absolute atomic E-state index is 0.265. The van der Waals surface area contributed by atoms with Crippen molar-refractivity contribution in [3.8, 4) is 0 Å². The normalized spacial score (nSPS) is 26.4. The standard InChI is InChI=1S/C14H14N2S/c1-9-5-7-10(8-6-9)11-3-2-4-12-13(11)17-16-14(12)15/h2-8,12-13H,1H3,(H2,15,16). The number of allylic oxidation sites excluding steroid dienone is 2. The van der Waals surface area contributed by atoms with Crippen LogP contribution in [0, 0.1) is 12.8 Å². The Balaban J connectivity index is 1.96. The van der Waals surface area contributed by atoms with Gasteiger partial charge < -0.3 is 5.73 Å². The molecule has 2 nitrogen and oxygen atoms in total. The highest BCUT2D eigenvalue weighted by molar-refractivity contribution is 7.99. The molecule has 0 amide bonds. The number of nitrogens with two attached hydrogens (primary N) is 1. The summed E-state index contributed by atoms with van der Waals surface area (Å²) in [4.78, 5) is 0. The molecular formula is C14H14N2S. The molecule has 1 heterocycles. The molecule has 2 aliphatic rings. The summed E-state index contributed by atoms with van der Waals surface area (Å²) in [7, 11) is 0. The SMILES string of the molecule is Cc1ccc(C2=CC=CC3C(N)=NSC23)cc1. The summed E-state index contributed by atoms with van der Waals surface area (Å²) in [6.07, 6.45) is 6.40. The third-order valence-corrected chi connectivity index (χ3v) is 4.32. The Bertz CT molecular complexity index is 526. The van der Waals surface area contributed by atoms with Gasteiger partial charge in [0.15, 0.2) is 0 Å². The Morgan fingerprint density at radius 2 is 2.00 bits per heavy atom. The molecule has 0 spiro atoms. The van der Waals surface area contributed by atoms with Crippen molar-refractivity contribution in [1.29, 1.82) is 0 Å². The van der Waals surface area contributed by atoms with E-state index in [1.165, 1.54) is 16.7 Å². The lowest BCUT2D eigenvalue weighted by molar-refractivity contribution is 0.912. The lowest BCUT2D eigenvalue weighted by Crippen LogP contribution is -2.27. The fourth-order valence-corrected chi connectivity index (χ4v) is 3.28. The first-order chi connectivity index (χ1) is 8.25. The third kappa shape index (κ3) is 1.80. The zero-order valence-electron chi connectivity index (χ0n) is 9.63. The largest absolute Gasteiger partial charge is 0.386 e. The van der Waals surface area contributed by atoms with Gasteiger partial charge in [0.2, 0.25) is 0 Å². The fraction of sp³-hybridized carbons (Fsp3) is 0.214. The molecule has 1 aliphatic heterocycles. The highest BCUT2D eigenvalue weighted by atomic mass is 32.2. The average Bonchev–Trinajstić information content (AvgIpc) is 2.73. The van der Waals surface area contributed by atoms with Gasteiger partial charge in [-0.05, 0) is 30.0 Å². The van der Waals surface area contributed by atoms with Crippen molar-refractivity contribution in [2.45, 2.75) is 12.2 Å². The number of hydrogen-bond acceptors (Lipinski definition) is 3. The molecule has 1 aliphatic carbocycles. The van der Waals surface area contributed by atoms with Crippen LogP contribution in [0.25, 0.3) is 5.57 Å². The van der Waals surface area contributed by atoms with Crippen molar-refractivity contribution in [2.75, 3.05) is 0 Å². The first-order valence-corrected chi connectivity index (χ1v) is 6.54. The zero-order chi connectivity index (χ0) is 11.8. The number of hydrogen-bond donors (Lipinski definition) is 1. The van der Waals surface area contributed by atoms with E-state index in [9.17, 15) is 0 Å². The maximum atomic E-state index is 5.90. The number of rotatable bonds is 1. The van der Waals surface area contributed by atoms with Gasteiger partial charge in [0.1, 0.15) is 5.84 Å². The van der Waals surface area contributed by atoms with Crippen molar-refractivity contribution in [2.24, 2.45) is 16.0 Å². The van der Waals surface area contributed by atoms with Crippen LogP contribution in [-0.2, 0) is 0 Å². The second-order valence-electron chi connectivity index (χ2n) is 4.44.